The molecule has 1 rings (SSSR count). The van der Waals surface area contributed by atoms with E-state index in [1.54, 1.807) is 24.3 Å². The third kappa shape index (κ3) is 3.10. The van der Waals surface area contributed by atoms with Crippen molar-refractivity contribution in [2.24, 2.45) is 0 Å². The fraction of sp³-hybridized carbons (Fsp3) is 0.250. The largest absolute Gasteiger partial charge is 0.476 e. The van der Waals surface area contributed by atoms with Crippen LogP contribution in [0.3, 0.4) is 0 Å². The molecule has 0 bridgehead atoms. The van der Waals surface area contributed by atoms with E-state index in [0.717, 1.165) is 0 Å². The van der Waals surface area contributed by atoms with E-state index < -0.39 is 11.8 Å². The molecule has 0 fully saturated rings. The lowest BCUT2D eigenvalue weighted by atomic mass is 10.3. The second-order valence-corrected chi connectivity index (χ2v) is 3.27. The van der Waals surface area contributed by atoms with Crippen molar-refractivity contribution in [1.82, 2.24) is 0 Å². The van der Waals surface area contributed by atoms with Crippen molar-refractivity contribution >= 4 is 5.97 Å². The molecular weight excluding hydrogens is 208 g/mol. The lowest BCUT2D eigenvalue weighted by molar-refractivity contribution is -0.202. The van der Waals surface area contributed by atoms with Crippen LogP contribution < -0.4 is 4.74 Å². The maximum Gasteiger partial charge on any atom is 0.376 e. The summed E-state index contributed by atoms with van der Waals surface area (Å²) in [6.07, 6.45) is 1.47. The Labute approximate surface area is 94.1 Å². The zero-order valence-electron chi connectivity index (χ0n) is 9.05. The second kappa shape index (κ2) is 5.32. The van der Waals surface area contributed by atoms with E-state index in [0.29, 0.717) is 5.75 Å². The molecule has 0 saturated heterocycles. The van der Waals surface area contributed by atoms with E-state index in [2.05, 4.69) is 6.58 Å². The number of hydrogen-bond acceptors (Lipinski definition) is 3. The highest BCUT2D eigenvalue weighted by Gasteiger charge is 2.36. The van der Waals surface area contributed by atoms with E-state index in [1.807, 2.05) is 6.07 Å². The monoisotopic (exact) mass is 222 g/mol. The van der Waals surface area contributed by atoms with Gasteiger partial charge in [-0.2, -0.15) is 0 Å². The summed E-state index contributed by atoms with van der Waals surface area (Å²) in [5.74, 6) is -2.44. The van der Waals surface area contributed by atoms with Crippen LogP contribution >= 0.6 is 0 Å². The van der Waals surface area contributed by atoms with Gasteiger partial charge in [0.05, 0.1) is 6.61 Å². The average molecular weight is 222 g/mol. The second-order valence-electron chi connectivity index (χ2n) is 3.27. The first kappa shape index (κ1) is 12.3. The molecule has 16 heavy (non-hydrogen) atoms. The summed E-state index contributed by atoms with van der Waals surface area (Å²) in [5.41, 5.74) is 0. The van der Waals surface area contributed by atoms with Gasteiger partial charge in [-0.1, -0.05) is 24.3 Å². The Morgan fingerprint density at radius 1 is 1.50 bits per heavy atom. The molecular formula is C12H14O4. The van der Waals surface area contributed by atoms with Gasteiger partial charge in [0.2, 0.25) is 0 Å². The maximum atomic E-state index is 11.0. The van der Waals surface area contributed by atoms with E-state index in [9.17, 15) is 4.79 Å². The summed E-state index contributed by atoms with van der Waals surface area (Å²) in [5, 5.41) is 9.04. The number of carboxylic acid groups (broad SMARTS) is 1. The van der Waals surface area contributed by atoms with Crippen LogP contribution in [-0.4, -0.2) is 23.5 Å². The maximum absolute atomic E-state index is 11.0. The Morgan fingerprint density at radius 2 is 2.12 bits per heavy atom. The summed E-state index contributed by atoms with van der Waals surface area (Å²) < 4.78 is 10.4. The van der Waals surface area contributed by atoms with Gasteiger partial charge in [0.25, 0.3) is 0 Å². The van der Waals surface area contributed by atoms with E-state index in [4.69, 9.17) is 14.6 Å². The molecule has 1 atom stereocenters. The van der Waals surface area contributed by atoms with Gasteiger partial charge in [0, 0.05) is 6.92 Å². The van der Waals surface area contributed by atoms with E-state index >= 15 is 0 Å². The molecule has 0 aromatic heterocycles. The van der Waals surface area contributed by atoms with Crippen LogP contribution in [-0.2, 0) is 9.53 Å². The quantitative estimate of drug-likeness (QED) is 0.591. The highest BCUT2D eigenvalue weighted by Crippen LogP contribution is 2.19. The minimum atomic E-state index is -1.70. The topological polar surface area (TPSA) is 55.8 Å². The van der Waals surface area contributed by atoms with Crippen LogP contribution in [0.2, 0.25) is 0 Å². The van der Waals surface area contributed by atoms with Crippen LogP contribution in [0.5, 0.6) is 5.75 Å². The number of carbonyl (C=O) groups is 1. The van der Waals surface area contributed by atoms with E-state index in [1.165, 1.54) is 13.0 Å². The molecule has 0 aliphatic carbocycles. The number of ether oxygens (including phenoxy) is 2. The first-order chi connectivity index (χ1) is 7.58. The molecule has 0 amide bonds. The highest BCUT2D eigenvalue weighted by molar-refractivity contribution is 5.75. The summed E-state index contributed by atoms with van der Waals surface area (Å²) >= 11 is 0. The Balaban J connectivity index is 2.79. The molecule has 0 spiro atoms. The van der Waals surface area contributed by atoms with Crippen molar-refractivity contribution in [2.75, 3.05) is 6.61 Å². The first-order valence-electron chi connectivity index (χ1n) is 4.81. The van der Waals surface area contributed by atoms with Crippen LogP contribution in [0.4, 0.5) is 0 Å². The zero-order chi connectivity index (χ0) is 12.0. The van der Waals surface area contributed by atoms with Crippen LogP contribution in [0.25, 0.3) is 0 Å². The number of aliphatic carboxylic acids is 1. The highest BCUT2D eigenvalue weighted by atomic mass is 16.7. The number of rotatable bonds is 6. The summed E-state index contributed by atoms with van der Waals surface area (Å²) in [6, 6.07) is 8.66. The van der Waals surface area contributed by atoms with Crippen LogP contribution in [0, 0.1) is 0 Å². The molecule has 1 N–H and O–H groups in total. The van der Waals surface area contributed by atoms with Gasteiger partial charge >= 0.3 is 11.8 Å². The normalized spacial score (nSPS) is 13.8. The van der Waals surface area contributed by atoms with Crippen molar-refractivity contribution in [2.45, 2.75) is 12.7 Å². The zero-order valence-corrected chi connectivity index (χ0v) is 9.05. The van der Waals surface area contributed by atoms with Crippen LogP contribution in [0.1, 0.15) is 6.92 Å². The van der Waals surface area contributed by atoms with E-state index in [-0.39, 0.29) is 6.61 Å². The van der Waals surface area contributed by atoms with Gasteiger partial charge in [0.1, 0.15) is 5.75 Å². The minimum Gasteiger partial charge on any atom is -0.476 e. The summed E-state index contributed by atoms with van der Waals surface area (Å²) in [6.45, 7) is 4.92. The number of hydrogen-bond donors (Lipinski definition) is 1. The number of carboxylic acids is 1. The summed E-state index contributed by atoms with van der Waals surface area (Å²) in [4.78, 5) is 11.0. The Hall–Kier alpha value is -1.81. The molecule has 1 unspecified atom stereocenters. The third-order valence-electron chi connectivity index (χ3n) is 1.92. The fourth-order valence-corrected chi connectivity index (χ4v) is 1.07. The molecule has 1 aromatic carbocycles. The SMILES string of the molecule is C=CCOC(C)(Oc1ccccc1)C(=O)O. The Morgan fingerprint density at radius 3 is 2.62 bits per heavy atom. The molecule has 0 aliphatic heterocycles. The smallest absolute Gasteiger partial charge is 0.376 e. The number of para-hydroxylation sites is 1. The fourth-order valence-electron chi connectivity index (χ4n) is 1.07. The Bertz CT molecular complexity index is 361. The minimum absolute atomic E-state index is 0.107. The van der Waals surface area contributed by atoms with Crippen molar-refractivity contribution < 1.29 is 19.4 Å². The standard InChI is InChI=1S/C12H14O4/c1-3-9-15-12(2,11(13)14)16-10-7-5-4-6-8-10/h3-8H,1,9H2,2H3,(H,13,14). The lowest BCUT2D eigenvalue weighted by Crippen LogP contribution is -2.44. The van der Waals surface area contributed by atoms with Gasteiger partial charge in [-0.3, -0.25) is 0 Å². The van der Waals surface area contributed by atoms with Crippen molar-refractivity contribution in [3.05, 3.63) is 43.0 Å². The van der Waals surface area contributed by atoms with Gasteiger partial charge < -0.3 is 14.6 Å². The molecule has 0 saturated carbocycles. The predicted octanol–water partition coefficient (Wildman–Crippen LogP) is 2.07. The number of benzene rings is 1. The van der Waals surface area contributed by atoms with Crippen molar-refractivity contribution in [3.63, 3.8) is 0 Å². The molecule has 0 heterocycles. The van der Waals surface area contributed by atoms with Crippen LogP contribution in [0.15, 0.2) is 43.0 Å². The predicted molar refractivity (Wildman–Crippen MR) is 59.3 cm³/mol. The first-order valence-corrected chi connectivity index (χ1v) is 4.81. The molecule has 0 aliphatic rings. The Kier molecular flexibility index (Phi) is 4.08. The molecule has 1 aromatic rings. The molecule has 0 radical (unpaired) electrons. The molecule has 4 nitrogen and oxygen atoms in total. The van der Waals surface area contributed by atoms with Gasteiger partial charge in [-0.15, -0.1) is 6.58 Å². The van der Waals surface area contributed by atoms with Gasteiger partial charge in [-0.25, -0.2) is 4.79 Å². The van der Waals surface area contributed by atoms with Crippen molar-refractivity contribution in [3.8, 4) is 5.75 Å². The summed E-state index contributed by atoms with van der Waals surface area (Å²) in [7, 11) is 0. The molecule has 4 heteroatoms. The molecule has 86 valence electrons. The third-order valence-corrected chi connectivity index (χ3v) is 1.92. The lowest BCUT2D eigenvalue weighted by Gasteiger charge is -2.25. The van der Waals surface area contributed by atoms with Gasteiger partial charge in [-0.05, 0) is 12.1 Å². The van der Waals surface area contributed by atoms with Gasteiger partial charge in [0.15, 0.2) is 0 Å². The van der Waals surface area contributed by atoms with Crippen molar-refractivity contribution in [1.29, 1.82) is 0 Å². The average Bonchev–Trinajstić information content (AvgIpc) is 2.27.